The Balaban J connectivity index is 1.80. The fourth-order valence-corrected chi connectivity index (χ4v) is 3.13. The van der Waals surface area contributed by atoms with Gasteiger partial charge in [0, 0.05) is 13.1 Å². The first-order valence-electron chi connectivity index (χ1n) is 8.37. The van der Waals surface area contributed by atoms with Crippen LogP contribution in [-0.4, -0.2) is 44.7 Å². The van der Waals surface area contributed by atoms with Crippen LogP contribution in [0.2, 0.25) is 0 Å². The van der Waals surface area contributed by atoms with E-state index in [9.17, 15) is 0 Å². The molecule has 1 N–H and O–H groups in total. The second kappa shape index (κ2) is 9.06. The molecule has 1 atom stereocenters. The van der Waals surface area contributed by atoms with Gasteiger partial charge in [-0.3, -0.25) is 0 Å². The van der Waals surface area contributed by atoms with Crippen molar-refractivity contribution in [3.05, 3.63) is 29.8 Å². The zero-order valence-corrected chi connectivity index (χ0v) is 13.6. The topological polar surface area (TPSA) is 24.5 Å². The molecule has 0 bridgehead atoms. The van der Waals surface area contributed by atoms with Gasteiger partial charge in [-0.2, -0.15) is 0 Å². The van der Waals surface area contributed by atoms with Gasteiger partial charge in [0.2, 0.25) is 0 Å². The van der Waals surface area contributed by atoms with E-state index >= 15 is 0 Å². The summed E-state index contributed by atoms with van der Waals surface area (Å²) < 4.78 is 5.22. The Bertz CT molecular complexity index is 385. The van der Waals surface area contributed by atoms with E-state index in [1.807, 2.05) is 0 Å². The highest BCUT2D eigenvalue weighted by Gasteiger charge is 2.16. The third kappa shape index (κ3) is 5.68. The molecule has 1 heterocycles. The maximum atomic E-state index is 5.22. The molecule has 1 aliphatic heterocycles. The molecule has 1 fully saturated rings. The number of nitrogens with one attached hydrogen (secondary N) is 1. The summed E-state index contributed by atoms with van der Waals surface area (Å²) in [5.74, 6) is 1.78. The minimum absolute atomic E-state index is 0.834. The summed E-state index contributed by atoms with van der Waals surface area (Å²) in [6.07, 6.45) is 5.09. The van der Waals surface area contributed by atoms with Crippen molar-refractivity contribution in [3.63, 3.8) is 0 Å². The molecule has 0 spiro atoms. The fraction of sp³-hybridized carbons (Fsp3) is 0.667. The Labute approximate surface area is 129 Å². The van der Waals surface area contributed by atoms with Crippen molar-refractivity contribution >= 4 is 0 Å². The van der Waals surface area contributed by atoms with Gasteiger partial charge in [0.25, 0.3) is 0 Å². The Morgan fingerprint density at radius 2 is 2.05 bits per heavy atom. The summed E-state index contributed by atoms with van der Waals surface area (Å²) >= 11 is 0. The van der Waals surface area contributed by atoms with Gasteiger partial charge in [-0.25, -0.2) is 0 Å². The maximum absolute atomic E-state index is 5.22. The predicted molar refractivity (Wildman–Crippen MR) is 89.0 cm³/mol. The molecule has 1 aromatic rings. The second-order valence-corrected chi connectivity index (χ2v) is 6.11. The maximum Gasteiger partial charge on any atom is 0.118 e. The summed E-state index contributed by atoms with van der Waals surface area (Å²) in [5, 5.41) is 3.53. The lowest BCUT2D eigenvalue weighted by atomic mass is 9.98. The smallest absolute Gasteiger partial charge is 0.118 e. The van der Waals surface area contributed by atoms with Gasteiger partial charge >= 0.3 is 0 Å². The lowest BCUT2D eigenvalue weighted by molar-refractivity contribution is 0.210. The molecular weight excluding hydrogens is 260 g/mol. The number of benzene rings is 1. The van der Waals surface area contributed by atoms with Gasteiger partial charge in [-0.15, -0.1) is 0 Å². The van der Waals surface area contributed by atoms with Crippen LogP contribution in [0.3, 0.4) is 0 Å². The van der Waals surface area contributed by atoms with E-state index in [-0.39, 0.29) is 0 Å². The first kappa shape index (κ1) is 16.3. The predicted octanol–water partition coefficient (Wildman–Crippen LogP) is 2.95. The zero-order chi connectivity index (χ0) is 14.9. The number of piperidine rings is 1. The van der Waals surface area contributed by atoms with Gasteiger partial charge < -0.3 is 15.0 Å². The van der Waals surface area contributed by atoms with Crippen molar-refractivity contribution < 1.29 is 4.74 Å². The van der Waals surface area contributed by atoms with Crippen LogP contribution in [0.5, 0.6) is 5.75 Å². The van der Waals surface area contributed by atoms with Crippen molar-refractivity contribution in [2.45, 2.75) is 32.6 Å². The van der Waals surface area contributed by atoms with Crippen molar-refractivity contribution in [2.24, 2.45) is 5.92 Å². The van der Waals surface area contributed by atoms with E-state index in [2.05, 4.69) is 41.4 Å². The third-order valence-electron chi connectivity index (χ3n) is 4.33. The molecule has 1 aliphatic rings. The van der Waals surface area contributed by atoms with Crippen LogP contribution >= 0.6 is 0 Å². The fourth-order valence-electron chi connectivity index (χ4n) is 3.13. The zero-order valence-electron chi connectivity index (χ0n) is 13.6. The molecule has 2 rings (SSSR count). The Hall–Kier alpha value is -1.06. The summed E-state index contributed by atoms with van der Waals surface area (Å²) in [5.41, 5.74) is 1.40. The van der Waals surface area contributed by atoms with Crippen molar-refractivity contribution in [1.82, 2.24) is 10.2 Å². The summed E-state index contributed by atoms with van der Waals surface area (Å²) in [6.45, 7) is 8.30. The number of nitrogens with zero attached hydrogens (tertiary/aromatic N) is 1. The minimum Gasteiger partial charge on any atom is -0.497 e. The van der Waals surface area contributed by atoms with Crippen LogP contribution in [-0.2, 0) is 6.42 Å². The summed E-state index contributed by atoms with van der Waals surface area (Å²) in [7, 11) is 1.72. The number of methoxy groups -OCH3 is 1. The van der Waals surface area contributed by atoms with E-state index in [0.29, 0.717) is 0 Å². The monoisotopic (exact) mass is 290 g/mol. The van der Waals surface area contributed by atoms with Crippen LogP contribution in [0.25, 0.3) is 0 Å². The summed E-state index contributed by atoms with van der Waals surface area (Å²) in [6, 6.07) is 8.49. The Kier molecular flexibility index (Phi) is 7.04. The Morgan fingerprint density at radius 1 is 1.24 bits per heavy atom. The van der Waals surface area contributed by atoms with E-state index in [0.717, 1.165) is 24.6 Å². The SMILES string of the molecule is CCCN(CCc1ccc(OC)cc1)CC1CCCNC1. The molecule has 3 nitrogen and oxygen atoms in total. The van der Waals surface area contributed by atoms with E-state index in [1.54, 1.807) is 7.11 Å². The van der Waals surface area contributed by atoms with Crippen LogP contribution in [0.1, 0.15) is 31.7 Å². The van der Waals surface area contributed by atoms with Crippen LogP contribution in [0, 0.1) is 5.92 Å². The van der Waals surface area contributed by atoms with E-state index < -0.39 is 0 Å². The standard InChI is InChI=1S/C18H30N2O/c1-3-12-20(15-17-5-4-11-19-14-17)13-10-16-6-8-18(21-2)9-7-16/h6-9,17,19H,3-5,10-15H2,1-2H3. The van der Waals surface area contributed by atoms with Crippen LogP contribution in [0.15, 0.2) is 24.3 Å². The Morgan fingerprint density at radius 3 is 2.67 bits per heavy atom. The van der Waals surface area contributed by atoms with Crippen molar-refractivity contribution in [2.75, 3.05) is 39.8 Å². The highest BCUT2D eigenvalue weighted by Crippen LogP contribution is 2.14. The van der Waals surface area contributed by atoms with E-state index in [1.165, 1.54) is 51.0 Å². The quantitative estimate of drug-likeness (QED) is 0.796. The van der Waals surface area contributed by atoms with Gasteiger partial charge in [0.1, 0.15) is 5.75 Å². The molecule has 1 unspecified atom stereocenters. The second-order valence-electron chi connectivity index (χ2n) is 6.11. The molecule has 0 radical (unpaired) electrons. The van der Waals surface area contributed by atoms with Gasteiger partial charge in [-0.05, 0) is 68.9 Å². The van der Waals surface area contributed by atoms with Crippen LogP contribution < -0.4 is 10.1 Å². The summed E-state index contributed by atoms with van der Waals surface area (Å²) in [4.78, 5) is 2.64. The lowest BCUT2D eigenvalue weighted by Crippen LogP contribution is -2.39. The average molecular weight is 290 g/mol. The largest absolute Gasteiger partial charge is 0.497 e. The lowest BCUT2D eigenvalue weighted by Gasteiger charge is -2.30. The normalized spacial score (nSPS) is 18.9. The van der Waals surface area contributed by atoms with E-state index in [4.69, 9.17) is 4.74 Å². The molecule has 0 saturated carbocycles. The molecule has 0 amide bonds. The van der Waals surface area contributed by atoms with Gasteiger partial charge in [-0.1, -0.05) is 19.1 Å². The van der Waals surface area contributed by atoms with Crippen LogP contribution in [0.4, 0.5) is 0 Å². The molecule has 1 aromatic carbocycles. The number of hydrogen-bond acceptors (Lipinski definition) is 3. The average Bonchev–Trinajstić information content (AvgIpc) is 2.54. The molecule has 0 aromatic heterocycles. The highest BCUT2D eigenvalue weighted by molar-refractivity contribution is 5.27. The highest BCUT2D eigenvalue weighted by atomic mass is 16.5. The van der Waals surface area contributed by atoms with Crippen molar-refractivity contribution in [1.29, 1.82) is 0 Å². The molecule has 118 valence electrons. The van der Waals surface area contributed by atoms with Gasteiger partial charge in [0.15, 0.2) is 0 Å². The molecular formula is C18H30N2O. The first-order chi connectivity index (χ1) is 10.3. The number of rotatable bonds is 8. The third-order valence-corrected chi connectivity index (χ3v) is 4.33. The first-order valence-corrected chi connectivity index (χ1v) is 8.37. The molecule has 1 saturated heterocycles. The molecule has 0 aliphatic carbocycles. The van der Waals surface area contributed by atoms with Gasteiger partial charge in [0.05, 0.1) is 7.11 Å². The number of hydrogen-bond donors (Lipinski definition) is 1. The minimum atomic E-state index is 0.834. The number of ether oxygens (including phenoxy) is 1. The molecule has 21 heavy (non-hydrogen) atoms. The van der Waals surface area contributed by atoms with Crippen molar-refractivity contribution in [3.8, 4) is 5.75 Å². The molecule has 3 heteroatoms.